The summed E-state index contributed by atoms with van der Waals surface area (Å²) in [7, 11) is 0. The molecule has 5 heteroatoms. The fraction of sp³-hybridized carbons (Fsp3) is 0.182. The molecule has 0 radical (unpaired) electrons. The van der Waals surface area contributed by atoms with E-state index in [1.165, 1.54) is 6.92 Å². The molecule has 1 unspecified atom stereocenters. The van der Waals surface area contributed by atoms with E-state index >= 15 is 0 Å². The summed E-state index contributed by atoms with van der Waals surface area (Å²) in [5, 5.41) is 8.70. The van der Waals surface area contributed by atoms with E-state index in [0.29, 0.717) is 9.92 Å². The van der Waals surface area contributed by atoms with Crippen LogP contribution in [-0.2, 0) is 9.59 Å². The average Bonchev–Trinajstić information content (AvgIpc) is 2.17. The third-order valence-electron chi connectivity index (χ3n) is 1.79. The highest BCUT2D eigenvalue weighted by Crippen LogP contribution is 2.25. The van der Waals surface area contributed by atoms with Gasteiger partial charge in [0.05, 0.1) is 6.07 Å². The fourth-order valence-electron chi connectivity index (χ4n) is 1.02. The molecule has 1 atom stereocenters. The number of nitrogens with zero attached hydrogens (tertiary/aromatic N) is 1. The summed E-state index contributed by atoms with van der Waals surface area (Å²) in [6.07, 6.45) is 0. The minimum absolute atomic E-state index is 0.443. The predicted octanol–water partition coefficient (Wildman–Crippen LogP) is 2.69. The van der Waals surface area contributed by atoms with Gasteiger partial charge in [-0.3, -0.25) is 9.59 Å². The first kappa shape index (κ1) is 12.8. The summed E-state index contributed by atoms with van der Waals surface area (Å²) in [5.74, 6) is -1.65. The second kappa shape index (κ2) is 5.69. The molecule has 0 aromatic heterocycles. The lowest BCUT2D eigenvalue weighted by atomic mass is 10.1. The normalized spacial score (nSPS) is 11.6. The van der Waals surface area contributed by atoms with Gasteiger partial charge in [0.25, 0.3) is 0 Å². The zero-order valence-electron chi connectivity index (χ0n) is 8.44. The molecule has 16 heavy (non-hydrogen) atoms. The number of rotatable bonds is 3. The van der Waals surface area contributed by atoms with Crippen LogP contribution in [0.1, 0.15) is 6.92 Å². The van der Waals surface area contributed by atoms with Crippen molar-refractivity contribution in [3.05, 3.63) is 29.3 Å². The number of carbonyl (C=O) groups excluding carboxylic acids is 2. The van der Waals surface area contributed by atoms with E-state index in [9.17, 15) is 9.59 Å². The monoisotopic (exact) mass is 253 g/mol. The molecule has 82 valence electrons. The van der Waals surface area contributed by atoms with Crippen LogP contribution in [0.15, 0.2) is 29.2 Å². The number of thioether (sulfide) groups is 1. The van der Waals surface area contributed by atoms with Crippen molar-refractivity contribution >= 4 is 34.3 Å². The molecule has 0 aliphatic carbocycles. The highest BCUT2D eigenvalue weighted by atomic mass is 35.5. The number of nitriles is 1. The lowest BCUT2D eigenvalue weighted by molar-refractivity contribution is -0.124. The molecule has 0 saturated carbocycles. The van der Waals surface area contributed by atoms with Gasteiger partial charge in [-0.05, 0) is 36.9 Å². The van der Waals surface area contributed by atoms with Crippen LogP contribution in [0.25, 0.3) is 0 Å². The van der Waals surface area contributed by atoms with E-state index in [4.69, 9.17) is 16.9 Å². The summed E-state index contributed by atoms with van der Waals surface area (Å²) >= 11 is 6.60. The first-order valence-electron chi connectivity index (χ1n) is 4.42. The van der Waals surface area contributed by atoms with Crippen molar-refractivity contribution in [1.29, 1.82) is 5.26 Å². The number of benzene rings is 1. The number of Topliss-reactive ketones (excluding diaryl/α,β-unsaturated/α-hetero) is 1. The van der Waals surface area contributed by atoms with E-state index in [1.807, 2.05) is 0 Å². The summed E-state index contributed by atoms with van der Waals surface area (Å²) in [6.45, 7) is 1.23. The SMILES string of the molecule is CC(=O)C(C#N)C(=O)Sc1cccc(Cl)c1. The van der Waals surface area contributed by atoms with Gasteiger partial charge in [0, 0.05) is 9.92 Å². The molecule has 3 nitrogen and oxygen atoms in total. The summed E-state index contributed by atoms with van der Waals surface area (Å²) in [6, 6.07) is 8.38. The van der Waals surface area contributed by atoms with Crippen molar-refractivity contribution in [3.8, 4) is 6.07 Å². The van der Waals surface area contributed by atoms with Crippen LogP contribution in [0.2, 0.25) is 5.02 Å². The molecule has 0 aliphatic heterocycles. The van der Waals surface area contributed by atoms with Gasteiger partial charge in [0.15, 0.2) is 11.7 Å². The molecule has 0 heterocycles. The first-order chi connectivity index (χ1) is 7.54. The van der Waals surface area contributed by atoms with Gasteiger partial charge in [0.2, 0.25) is 5.12 Å². The van der Waals surface area contributed by atoms with E-state index < -0.39 is 16.8 Å². The largest absolute Gasteiger partial charge is 0.298 e. The summed E-state index contributed by atoms with van der Waals surface area (Å²) in [4.78, 5) is 23.2. The Kier molecular flexibility index (Phi) is 4.53. The predicted molar refractivity (Wildman–Crippen MR) is 62.1 cm³/mol. The quantitative estimate of drug-likeness (QED) is 0.614. The number of carbonyl (C=O) groups is 2. The Morgan fingerprint density at radius 2 is 2.19 bits per heavy atom. The third kappa shape index (κ3) is 3.37. The minimum atomic E-state index is -1.20. The van der Waals surface area contributed by atoms with Crippen LogP contribution < -0.4 is 0 Å². The van der Waals surface area contributed by atoms with Crippen LogP contribution in [-0.4, -0.2) is 10.9 Å². The zero-order chi connectivity index (χ0) is 12.1. The standard InChI is InChI=1S/C11H8ClNO2S/c1-7(14)10(6-13)11(15)16-9-4-2-3-8(12)5-9/h2-5,10H,1H3. The maximum absolute atomic E-state index is 11.6. The second-order valence-corrected chi connectivity index (χ2v) is 4.57. The molecule has 0 saturated heterocycles. The number of halogens is 1. The Morgan fingerprint density at radius 1 is 1.50 bits per heavy atom. The van der Waals surface area contributed by atoms with Crippen LogP contribution in [0.3, 0.4) is 0 Å². The van der Waals surface area contributed by atoms with Crippen LogP contribution >= 0.6 is 23.4 Å². The van der Waals surface area contributed by atoms with Crippen LogP contribution in [0.4, 0.5) is 0 Å². The topological polar surface area (TPSA) is 57.9 Å². The molecule has 0 spiro atoms. The lowest BCUT2D eigenvalue weighted by Crippen LogP contribution is -2.17. The number of hydrogen-bond donors (Lipinski definition) is 0. The van der Waals surface area contributed by atoms with Crippen molar-refractivity contribution in [2.75, 3.05) is 0 Å². The van der Waals surface area contributed by atoms with Crippen molar-refractivity contribution in [2.24, 2.45) is 5.92 Å². The Hall–Kier alpha value is -1.31. The van der Waals surface area contributed by atoms with Gasteiger partial charge in [-0.15, -0.1) is 0 Å². The Morgan fingerprint density at radius 3 is 2.69 bits per heavy atom. The molecule has 1 rings (SSSR count). The third-order valence-corrected chi connectivity index (χ3v) is 2.95. The smallest absolute Gasteiger partial charge is 0.218 e. The van der Waals surface area contributed by atoms with E-state index in [2.05, 4.69) is 0 Å². The van der Waals surface area contributed by atoms with Gasteiger partial charge in [0.1, 0.15) is 0 Å². The average molecular weight is 254 g/mol. The highest BCUT2D eigenvalue weighted by Gasteiger charge is 2.23. The Balaban J connectivity index is 2.79. The van der Waals surface area contributed by atoms with Gasteiger partial charge < -0.3 is 0 Å². The molecule has 0 amide bonds. The maximum Gasteiger partial charge on any atom is 0.218 e. The highest BCUT2D eigenvalue weighted by molar-refractivity contribution is 8.13. The van der Waals surface area contributed by atoms with E-state index in [1.54, 1.807) is 30.3 Å². The molecule has 0 aliphatic rings. The van der Waals surface area contributed by atoms with Gasteiger partial charge in [-0.1, -0.05) is 17.7 Å². The maximum atomic E-state index is 11.6. The second-order valence-electron chi connectivity index (χ2n) is 3.05. The molecule has 1 aromatic carbocycles. The van der Waals surface area contributed by atoms with Crippen molar-refractivity contribution in [2.45, 2.75) is 11.8 Å². The van der Waals surface area contributed by atoms with Crippen molar-refractivity contribution in [3.63, 3.8) is 0 Å². The molecular weight excluding hydrogens is 246 g/mol. The Labute approximate surface area is 102 Å². The van der Waals surface area contributed by atoms with Gasteiger partial charge >= 0.3 is 0 Å². The summed E-state index contributed by atoms with van der Waals surface area (Å²) in [5.41, 5.74) is 0. The van der Waals surface area contributed by atoms with E-state index in [-0.39, 0.29) is 0 Å². The zero-order valence-corrected chi connectivity index (χ0v) is 10.0. The Bertz CT molecular complexity index is 467. The fourth-order valence-corrected chi connectivity index (χ4v) is 2.17. The summed E-state index contributed by atoms with van der Waals surface area (Å²) < 4.78 is 0. The van der Waals surface area contributed by atoms with Gasteiger partial charge in [-0.2, -0.15) is 5.26 Å². The van der Waals surface area contributed by atoms with Crippen molar-refractivity contribution in [1.82, 2.24) is 0 Å². The van der Waals surface area contributed by atoms with Crippen LogP contribution in [0.5, 0.6) is 0 Å². The molecule has 0 N–H and O–H groups in total. The lowest BCUT2D eigenvalue weighted by Gasteiger charge is -2.03. The first-order valence-corrected chi connectivity index (χ1v) is 5.61. The molecule has 1 aromatic rings. The van der Waals surface area contributed by atoms with Crippen molar-refractivity contribution < 1.29 is 9.59 Å². The van der Waals surface area contributed by atoms with Gasteiger partial charge in [-0.25, -0.2) is 0 Å². The molecule has 0 bridgehead atoms. The minimum Gasteiger partial charge on any atom is -0.298 e. The number of hydrogen-bond acceptors (Lipinski definition) is 4. The molecular formula is C11H8ClNO2S. The van der Waals surface area contributed by atoms with Crippen LogP contribution in [0, 0.1) is 17.2 Å². The van der Waals surface area contributed by atoms with E-state index in [0.717, 1.165) is 11.8 Å². The molecule has 0 fully saturated rings. The number of ketones is 1.